The second-order valence-electron chi connectivity index (χ2n) is 11.2. The maximum atomic E-state index is 14.1. The summed E-state index contributed by atoms with van der Waals surface area (Å²) in [5.74, 6) is -0.238. The standard InChI is InChI=1S/C38H30O3/c1-23-10-13-25-6-2-4-8-28(25)33(23)21-34-30-16-17-31-29-9-5-3-7-27(29)20-35(37(31)32(30)18-19-36(34)40)38(41)26-14-11-24(22-39)12-15-26/h2-17,20,35,39H,18-19,21-22H2,1H3/t35-/m0/s1. The number of Topliss-reactive ketones (excluding diaryl/α,β-unsaturated/α-hetero) is 2. The molecule has 0 saturated carbocycles. The number of hydrogen-bond acceptors (Lipinski definition) is 3. The van der Waals surface area contributed by atoms with Gasteiger partial charge in [-0.1, -0.05) is 103 Å². The van der Waals surface area contributed by atoms with Gasteiger partial charge in [-0.2, -0.15) is 0 Å². The van der Waals surface area contributed by atoms with Crippen LogP contribution in [0.3, 0.4) is 0 Å². The van der Waals surface area contributed by atoms with Crippen LogP contribution in [0.5, 0.6) is 0 Å². The SMILES string of the molecule is Cc1ccc2ccccc2c1CC1=c2ccc3c(c2CCC1=O)[C@@H](C(=O)c1ccc(CO)cc1)C=c1ccccc1=3. The molecule has 41 heavy (non-hydrogen) atoms. The summed E-state index contributed by atoms with van der Waals surface area (Å²) >= 11 is 0. The van der Waals surface area contributed by atoms with Crippen LogP contribution in [0.2, 0.25) is 0 Å². The van der Waals surface area contributed by atoms with E-state index in [1.807, 2.05) is 42.5 Å². The first-order valence-electron chi connectivity index (χ1n) is 14.2. The fraction of sp³-hybridized carbons (Fsp3) is 0.158. The van der Waals surface area contributed by atoms with Crippen molar-refractivity contribution in [3.05, 3.63) is 151 Å². The van der Waals surface area contributed by atoms with Gasteiger partial charge in [-0.3, -0.25) is 9.59 Å². The summed E-state index contributed by atoms with van der Waals surface area (Å²) in [5.41, 5.74) is 6.74. The lowest BCUT2D eigenvalue weighted by atomic mass is 9.77. The molecule has 7 rings (SSSR count). The van der Waals surface area contributed by atoms with Gasteiger partial charge in [0.05, 0.1) is 12.5 Å². The van der Waals surface area contributed by atoms with Gasteiger partial charge in [0, 0.05) is 24.0 Å². The van der Waals surface area contributed by atoms with Crippen molar-refractivity contribution in [3.63, 3.8) is 0 Å². The third kappa shape index (κ3) is 4.25. The molecule has 0 unspecified atom stereocenters. The largest absolute Gasteiger partial charge is 0.392 e. The topological polar surface area (TPSA) is 54.4 Å². The van der Waals surface area contributed by atoms with E-state index in [4.69, 9.17) is 0 Å². The molecule has 0 aromatic heterocycles. The van der Waals surface area contributed by atoms with Gasteiger partial charge in [-0.05, 0) is 72.8 Å². The monoisotopic (exact) mass is 534 g/mol. The zero-order valence-corrected chi connectivity index (χ0v) is 23.0. The molecule has 0 bridgehead atoms. The van der Waals surface area contributed by atoms with E-state index in [0.29, 0.717) is 24.8 Å². The van der Waals surface area contributed by atoms with E-state index in [1.54, 1.807) is 0 Å². The number of carbonyl (C=O) groups excluding carboxylic acids is 2. The summed E-state index contributed by atoms with van der Waals surface area (Å²) in [4.78, 5) is 27.7. The summed E-state index contributed by atoms with van der Waals surface area (Å²) in [7, 11) is 0. The highest BCUT2D eigenvalue weighted by atomic mass is 16.3. The number of aliphatic hydroxyl groups is 1. The molecule has 2 aliphatic carbocycles. The molecule has 0 amide bonds. The Labute approximate surface area is 238 Å². The van der Waals surface area contributed by atoms with Gasteiger partial charge in [0.2, 0.25) is 0 Å². The Morgan fingerprint density at radius 2 is 1.56 bits per heavy atom. The van der Waals surface area contributed by atoms with Gasteiger partial charge in [-0.25, -0.2) is 0 Å². The maximum Gasteiger partial charge on any atom is 0.174 e. The van der Waals surface area contributed by atoms with Gasteiger partial charge in [-0.15, -0.1) is 0 Å². The van der Waals surface area contributed by atoms with Gasteiger partial charge in [0.1, 0.15) is 0 Å². The van der Waals surface area contributed by atoms with Crippen molar-refractivity contribution in [2.75, 3.05) is 0 Å². The second-order valence-corrected chi connectivity index (χ2v) is 11.2. The molecule has 0 fully saturated rings. The molecule has 0 heterocycles. The summed E-state index contributed by atoms with van der Waals surface area (Å²) in [6, 6.07) is 32.3. The van der Waals surface area contributed by atoms with Crippen LogP contribution in [-0.4, -0.2) is 16.7 Å². The first kappa shape index (κ1) is 25.4. The molecule has 0 aliphatic heterocycles. The Hall–Kier alpha value is -4.60. The molecular formula is C38H30O3. The lowest BCUT2D eigenvalue weighted by Crippen LogP contribution is -2.31. The van der Waals surface area contributed by atoms with Crippen molar-refractivity contribution in [1.82, 2.24) is 0 Å². The first-order chi connectivity index (χ1) is 20.0. The molecule has 5 aromatic carbocycles. The van der Waals surface area contributed by atoms with Crippen LogP contribution < -0.4 is 10.4 Å². The highest BCUT2D eigenvalue weighted by Crippen LogP contribution is 2.32. The molecule has 1 atom stereocenters. The highest BCUT2D eigenvalue weighted by molar-refractivity contribution is 6.17. The van der Waals surface area contributed by atoms with Crippen molar-refractivity contribution >= 4 is 34.0 Å². The third-order valence-corrected chi connectivity index (χ3v) is 8.86. The minimum atomic E-state index is -0.455. The number of benzene rings is 5. The molecule has 0 radical (unpaired) electrons. The van der Waals surface area contributed by atoms with Crippen LogP contribution >= 0.6 is 0 Å². The van der Waals surface area contributed by atoms with Crippen molar-refractivity contribution < 1.29 is 14.7 Å². The number of aryl methyl sites for hydroxylation is 1. The van der Waals surface area contributed by atoms with E-state index in [1.165, 1.54) is 21.9 Å². The van der Waals surface area contributed by atoms with E-state index in [-0.39, 0.29) is 18.2 Å². The van der Waals surface area contributed by atoms with Gasteiger partial charge in [0.15, 0.2) is 11.6 Å². The Kier molecular flexibility index (Phi) is 6.25. The normalized spacial score (nSPS) is 15.6. The number of carbonyl (C=O) groups is 2. The van der Waals surface area contributed by atoms with Crippen molar-refractivity contribution in [3.8, 4) is 0 Å². The first-order valence-corrected chi connectivity index (χ1v) is 14.2. The smallest absolute Gasteiger partial charge is 0.174 e. The molecule has 0 spiro atoms. The predicted molar refractivity (Wildman–Crippen MR) is 163 cm³/mol. The summed E-state index contributed by atoms with van der Waals surface area (Å²) < 4.78 is 0. The van der Waals surface area contributed by atoms with E-state index in [0.717, 1.165) is 43.1 Å². The minimum Gasteiger partial charge on any atom is -0.392 e. The second kappa shape index (κ2) is 10.1. The lowest BCUT2D eigenvalue weighted by molar-refractivity contribution is -0.114. The third-order valence-electron chi connectivity index (χ3n) is 8.86. The minimum absolute atomic E-state index is 0.0296. The van der Waals surface area contributed by atoms with Gasteiger partial charge >= 0.3 is 0 Å². The lowest BCUT2D eigenvalue weighted by Gasteiger charge is -2.25. The molecule has 3 nitrogen and oxygen atoms in total. The molecule has 0 saturated heterocycles. The van der Waals surface area contributed by atoms with Crippen LogP contribution in [0.4, 0.5) is 0 Å². The average Bonchev–Trinajstić information content (AvgIpc) is 3.02. The Bertz CT molecular complexity index is 2100. The molecule has 5 aromatic rings. The van der Waals surface area contributed by atoms with E-state index in [2.05, 4.69) is 67.6 Å². The fourth-order valence-electron chi connectivity index (χ4n) is 6.71. The summed E-state index contributed by atoms with van der Waals surface area (Å²) in [5, 5.41) is 16.1. The number of rotatable bonds is 5. The molecular weight excluding hydrogens is 504 g/mol. The van der Waals surface area contributed by atoms with Crippen LogP contribution in [0.1, 0.15) is 50.5 Å². The average molecular weight is 535 g/mol. The van der Waals surface area contributed by atoms with Crippen LogP contribution in [0.25, 0.3) is 22.4 Å². The van der Waals surface area contributed by atoms with E-state index < -0.39 is 5.92 Å². The fourth-order valence-corrected chi connectivity index (χ4v) is 6.71. The number of aliphatic hydroxyl groups excluding tert-OH is 1. The summed E-state index contributed by atoms with van der Waals surface area (Å²) in [6.45, 7) is 2.06. The maximum absolute atomic E-state index is 14.1. The quantitative estimate of drug-likeness (QED) is 0.299. The van der Waals surface area contributed by atoms with Crippen LogP contribution in [0.15, 0.2) is 97.1 Å². The van der Waals surface area contributed by atoms with Crippen molar-refractivity contribution in [1.29, 1.82) is 0 Å². The van der Waals surface area contributed by atoms with Gasteiger partial charge < -0.3 is 5.11 Å². The Balaban J connectivity index is 1.48. The van der Waals surface area contributed by atoms with Crippen molar-refractivity contribution in [2.45, 2.75) is 38.7 Å². The molecule has 200 valence electrons. The molecule has 3 heteroatoms. The number of fused-ring (bicyclic) bond motifs is 5. The Morgan fingerprint density at radius 3 is 2.39 bits per heavy atom. The zero-order valence-electron chi connectivity index (χ0n) is 23.0. The van der Waals surface area contributed by atoms with Crippen molar-refractivity contribution in [2.24, 2.45) is 0 Å². The molecule has 1 N–H and O–H groups in total. The predicted octanol–water partition coefficient (Wildman–Crippen LogP) is 5.60. The number of hydrogen-bond donors (Lipinski definition) is 1. The zero-order chi connectivity index (χ0) is 28.1. The molecule has 2 aliphatic rings. The highest BCUT2D eigenvalue weighted by Gasteiger charge is 2.29. The van der Waals surface area contributed by atoms with Crippen LogP contribution in [-0.2, 0) is 24.2 Å². The van der Waals surface area contributed by atoms with E-state index in [9.17, 15) is 14.7 Å². The number of ketones is 2. The van der Waals surface area contributed by atoms with E-state index >= 15 is 0 Å². The Morgan fingerprint density at radius 1 is 0.805 bits per heavy atom. The summed E-state index contributed by atoms with van der Waals surface area (Å²) in [6.07, 6.45) is 3.72. The van der Waals surface area contributed by atoms with Crippen LogP contribution in [0, 0.1) is 17.4 Å². The van der Waals surface area contributed by atoms with Gasteiger partial charge in [0.25, 0.3) is 0 Å².